The maximum absolute atomic E-state index is 12.7. The van der Waals surface area contributed by atoms with Crippen LogP contribution in [0, 0.1) is 5.41 Å². The average Bonchev–Trinajstić information content (AvgIpc) is 2.94. The third-order valence-electron chi connectivity index (χ3n) is 3.68. The van der Waals surface area contributed by atoms with E-state index >= 15 is 0 Å². The van der Waals surface area contributed by atoms with Crippen LogP contribution in [0.15, 0.2) is 18.2 Å². The van der Waals surface area contributed by atoms with Gasteiger partial charge in [-0.1, -0.05) is 13.8 Å². The van der Waals surface area contributed by atoms with Crippen molar-refractivity contribution in [1.82, 2.24) is 5.32 Å². The predicted octanol–water partition coefficient (Wildman–Crippen LogP) is 3.28. The molecule has 1 unspecified atom stereocenters. The first kappa shape index (κ1) is 14.7. The molecule has 2 N–H and O–H groups in total. The van der Waals surface area contributed by atoms with E-state index in [1.54, 1.807) is 7.05 Å². The van der Waals surface area contributed by atoms with E-state index in [1.807, 2.05) is 13.8 Å². The fourth-order valence-corrected chi connectivity index (χ4v) is 2.08. The van der Waals surface area contributed by atoms with E-state index < -0.39 is 17.6 Å². The summed E-state index contributed by atoms with van der Waals surface area (Å²) in [6.45, 7) is 4.01. The Labute approximate surface area is 115 Å². The molecule has 1 aliphatic rings. The van der Waals surface area contributed by atoms with Crippen LogP contribution in [0.5, 0.6) is 0 Å². The maximum atomic E-state index is 12.7. The molecule has 0 aliphatic heterocycles. The molecule has 2 rings (SSSR count). The number of benzene rings is 1. The van der Waals surface area contributed by atoms with Crippen molar-refractivity contribution >= 4 is 11.6 Å². The largest absolute Gasteiger partial charge is 0.416 e. The molecule has 0 radical (unpaired) electrons. The van der Waals surface area contributed by atoms with Crippen LogP contribution in [0.2, 0.25) is 0 Å². The van der Waals surface area contributed by atoms with Gasteiger partial charge >= 0.3 is 6.18 Å². The van der Waals surface area contributed by atoms with Crippen molar-refractivity contribution in [2.75, 3.05) is 12.4 Å². The molecule has 1 aromatic carbocycles. The van der Waals surface area contributed by atoms with Gasteiger partial charge < -0.3 is 10.6 Å². The highest BCUT2D eigenvalue weighted by molar-refractivity contribution is 6.00. The number of alkyl halides is 3. The molecule has 6 heteroatoms. The molecule has 1 fully saturated rings. The average molecular weight is 286 g/mol. The fraction of sp³-hybridized carbons (Fsp3) is 0.500. The van der Waals surface area contributed by atoms with Crippen LogP contribution in [0.4, 0.5) is 18.9 Å². The van der Waals surface area contributed by atoms with Gasteiger partial charge in [-0.05, 0) is 30.0 Å². The SMILES string of the molecule is CNc1ccc(C(F)(F)F)cc1C(=O)NC1CC1(C)C. The van der Waals surface area contributed by atoms with E-state index in [2.05, 4.69) is 10.6 Å². The highest BCUT2D eigenvalue weighted by Crippen LogP contribution is 2.44. The van der Waals surface area contributed by atoms with Gasteiger partial charge in [0.1, 0.15) is 0 Å². The lowest BCUT2D eigenvalue weighted by atomic mass is 10.1. The lowest BCUT2D eigenvalue weighted by Crippen LogP contribution is -2.29. The summed E-state index contributed by atoms with van der Waals surface area (Å²) in [6, 6.07) is 3.14. The first-order valence-electron chi connectivity index (χ1n) is 6.35. The van der Waals surface area contributed by atoms with Gasteiger partial charge in [0.2, 0.25) is 0 Å². The van der Waals surface area contributed by atoms with Gasteiger partial charge in [-0.2, -0.15) is 13.2 Å². The van der Waals surface area contributed by atoms with Gasteiger partial charge in [0.25, 0.3) is 5.91 Å². The molecule has 0 heterocycles. The van der Waals surface area contributed by atoms with Gasteiger partial charge in [0.15, 0.2) is 0 Å². The number of carbonyl (C=O) groups is 1. The number of anilines is 1. The monoisotopic (exact) mass is 286 g/mol. The molecular weight excluding hydrogens is 269 g/mol. The number of rotatable bonds is 3. The first-order valence-corrected chi connectivity index (χ1v) is 6.35. The minimum absolute atomic E-state index is 0.0185. The van der Waals surface area contributed by atoms with E-state index in [4.69, 9.17) is 0 Å². The van der Waals surface area contributed by atoms with Crippen molar-refractivity contribution < 1.29 is 18.0 Å². The van der Waals surface area contributed by atoms with Crippen LogP contribution in [-0.4, -0.2) is 19.0 Å². The molecule has 1 amide bonds. The smallest absolute Gasteiger partial charge is 0.387 e. The highest BCUT2D eigenvalue weighted by Gasteiger charge is 2.46. The summed E-state index contributed by atoms with van der Waals surface area (Å²) in [5.41, 5.74) is -0.396. The summed E-state index contributed by atoms with van der Waals surface area (Å²) in [4.78, 5) is 12.1. The van der Waals surface area contributed by atoms with Crippen molar-refractivity contribution in [3.8, 4) is 0 Å². The first-order chi connectivity index (χ1) is 9.15. The van der Waals surface area contributed by atoms with Crippen molar-refractivity contribution in [3.63, 3.8) is 0 Å². The zero-order valence-corrected chi connectivity index (χ0v) is 11.6. The Kier molecular flexibility index (Phi) is 3.44. The summed E-state index contributed by atoms with van der Waals surface area (Å²) in [5.74, 6) is -0.476. The third-order valence-corrected chi connectivity index (χ3v) is 3.68. The number of hydrogen-bond donors (Lipinski definition) is 2. The van der Waals surface area contributed by atoms with Crippen LogP contribution in [-0.2, 0) is 6.18 Å². The van der Waals surface area contributed by atoms with Gasteiger partial charge in [0, 0.05) is 18.8 Å². The summed E-state index contributed by atoms with van der Waals surface area (Å²) in [7, 11) is 1.57. The zero-order chi connectivity index (χ0) is 15.1. The minimum atomic E-state index is -4.46. The Morgan fingerprint density at radius 1 is 1.35 bits per heavy atom. The molecular formula is C14H17F3N2O. The summed E-state index contributed by atoms with van der Waals surface area (Å²) < 4.78 is 38.1. The number of amides is 1. The van der Waals surface area contributed by atoms with Crippen LogP contribution in [0.25, 0.3) is 0 Å². The second-order valence-electron chi connectivity index (χ2n) is 5.73. The predicted molar refractivity (Wildman–Crippen MR) is 70.6 cm³/mol. The van der Waals surface area contributed by atoms with Crippen molar-refractivity contribution in [1.29, 1.82) is 0 Å². The second-order valence-corrected chi connectivity index (χ2v) is 5.73. The van der Waals surface area contributed by atoms with Crippen molar-refractivity contribution in [3.05, 3.63) is 29.3 Å². The standard InChI is InChI=1S/C14H17F3N2O/c1-13(2)7-11(13)19-12(20)9-6-8(14(15,16)17)4-5-10(9)18-3/h4-6,11,18H,7H2,1-3H3,(H,19,20). The Balaban J connectivity index is 2.26. The quantitative estimate of drug-likeness (QED) is 0.895. The molecule has 0 bridgehead atoms. The van der Waals surface area contributed by atoms with Gasteiger partial charge in [0.05, 0.1) is 11.1 Å². The summed E-state index contributed by atoms with van der Waals surface area (Å²) >= 11 is 0. The molecule has 1 aliphatic carbocycles. The van der Waals surface area contributed by atoms with Crippen molar-refractivity contribution in [2.24, 2.45) is 5.41 Å². The van der Waals surface area contributed by atoms with E-state index in [9.17, 15) is 18.0 Å². The topological polar surface area (TPSA) is 41.1 Å². The van der Waals surface area contributed by atoms with Gasteiger partial charge in [-0.25, -0.2) is 0 Å². The maximum Gasteiger partial charge on any atom is 0.416 e. The summed E-state index contributed by atoms with van der Waals surface area (Å²) in [5, 5.41) is 5.51. The lowest BCUT2D eigenvalue weighted by molar-refractivity contribution is -0.137. The van der Waals surface area contributed by atoms with Crippen LogP contribution in [0.3, 0.4) is 0 Å². The van der Waals surface area contributed by atoms with Gasteiger partial charge in [-0.3, -0.25) is 4.79 Å². The second kappa shape index (κ2) is 4.68. The van der Waals surface area contributed by atoms with Crippen LogP contribution < -0.4 is 10.6 Å². The lowest BCUT2D eigenvalue weighted by Gasteiger charge is -2.14. The fourth-order valence-electron chi connectivity index (χ4n) is 2.08. The third kappa shape index (κ3) is 2.89. The highest BCUT2D eigenvalue weighted by atomic mass is 19.4. The Morgan fingerprint density at radius 2 is 1.95 bits per heavy atom. The molecule has 20 heavy (non-hydrogen) atoms. The molecule has 1 aromatic rings. The number of halogens is 3. The van der Waals surface area contributed by atoms with E-state index in [0.29, 0.717) is 5.69 Å². The van der Waals surface area contributed by atoms with Crippen LogP contribution in [0.1, 0.15) is 36.2 Å². The Morgan fingerprint density at radius 3 is 2.40 bits per heavy atom. The Bertz CT molecular complexity index is 538. The van der Waals surface area contributed by atoms with E-state index in [-0.39, 0.29) is 17.0 Å². The minimum Gasteiger partial charge on any atom is -0.387 e. The molecule has 3 nitrogen and oxygen atoms in total. The molecule has 1 atom stereocenters. The molecule has 110 valence electrons. The van der Waals surface area contributed by atoms with Crippen LogP contribution >= 0.6 is 0 Å². The molecule has 0 spiro atoms. The normalized spacial score (nSPS) is 20.4. The molecule has 0 saturated heterocycles. The molecule has 0 aromatic heterocycles. The number of nitrogens with one attached hydrogen (secondary N) is 2. The van der Waals surface area contributed by atoms with Crippen molar-refractivity contribution in [2.45, 2.75) is 32.5 Å². The summed E-state index contributed by atoms with van der Waals surface area (Å²) in [6.07, 6.45) is -3.62. The van der Waals surface area contributed by atoms with E-state index in [0.717, 1.165) is 18.6 Å². The molecule has 1 saturated carbocycles. The van der Waals surface area contributed by atoms with E-state index in [1.165, 1.54) is 6.07 Å². The number of hydrogen-bond acceptors (Lipinski definition) is 2. The Hall–Kier alpha value is -1.72. The zero-order valence-electron chi connectivity index (χ0n) is 11.6. The number of carbonyl (C=O) groups excluding carboxylic acids is 1. The van der Waals surface area contributed by atoms with Gasteiger partial charge in [-0.15, -0.1) is 0 Å².